The van der Waals surface area contributed by atoms with Gasteiger partial charge in [-0.3, -0.25) is 8.87 Å². The number of halogens is 3. The third-order valence-electron chi connectivity index (χ3n) is 6.40. The van der Waals surface area contributed by atoms with Crippen molar-refractivity contribution >= 4 is 35.2 Å². The van der Waals surface area contributed by atoms with Gasteiger partial charge in [-0.05, 0) is 43.2 Å². The lowest BCUT2D eigenvalue weighted by molar-refractivity contribution is -0.140. The molecule has 3 aromatic rings. The van der Waals surface area contributed by atoms with Gasteiger partial charge in [-0.2, -0.15) is 13.2 Å². The predicted molar refractivity (Wildman–Crippen MR) is 118 cm³/mol. The molecule has 10 heteroatoms. The first-order valence-corrected chi connectivity index (χ1v) is 11.7. The number of aromatic nitrogens is 3. The molecule has 0 N–H and O–H groups in total. The van der Waals surface area contributed by atoms with E-state index in [9.17, 15) is 13.2 Å². The fourth-order valence-corrected chi connectivity index (χ4v) is 5.87. The Morgan fingerprint density at radius 3 is 2.55 bits per heavy atom. The molecule has 31 heavy (non-hydrogen) atoms. The minimum atomic E-state index is -4.45. The quantitative estimate of drug-likeness (QED) is 0.535. The van der Waals surface area contributed by atoms with Gasteiger partial charge in [-0.1, -0.05) is 12.8 Å². The van der Waals surface area contributed by atoms with Crippen LogP contribution >= 0.6 is 24.2 Å². The maximum absolute atomic E-state index is 13.0. The van der Waals surface area contributed by atoms with Crippen LogP contribution in [0.1, 0.15) is 42.9 Å². The number of rotatable bonds is 3. The minimum Gasteiger partial charge on any atom is -0.379 e. The van der Waals surface area contributed by atoms with Gasteiger partial charge in [-0.25, -0.2) is 9.97 Å². The first-order valence-electron chi connectivity index (χ1n) is 10.5. The molecular weight excluding hydrogens is 445 g/mol. The summed E-state index contributed by atoms with van der Waals surface area (Å²) in [6, 6.07) is 2.68. The predicted octanol–water partition coefficient (Wildman–Crippen LogP) is 5.23. The van der Waals surface area contributed by atoms with Crippen molar-refractivity contribution in [1.82, 2.24) is 18.8 Å². The third-order valence-corrected chi connectivity index (χ3v) is 7.58. The Labute approximate surface area is 187 Å². The second-order valence-electron chi connectivity index (χ2n) is 8.22. The Morgan fingerprint density at radius 2 is 1.87 bits per heavy atom. The number of hydrogen-bond acceptors (Lipinski definition) is 6. The zero-order valence-electron chi connectivity index (χ0n) is 16.8. The molecule has 0 spiro atoms. The van der Waals surface area contributed by atoms with Crippen LogP contribution in [0.5, 0.6) is 0 Å². The molecule has 1 aliphatic carbocycles. The van der Waals surface area contributed by atoms with Crippen LogP contribution in [-0.4, -0.2) is 51.2 Å². The molecule has 5 nitrogen and oxygen atoms in total. The largest absolute Gasteiger partial charge is 0.434 e. The highest BCUT2D eigenvalue weighted by Gasteiger charge is 2.34. The topological polar surface area (TPSA) is 43.2 Å². The van der Waals surface area contributed by atoms with Gasteiger partial charge in [0.15, 0.2) is 5.69 Å². The number of hydrogen-bond donors (Lipinski definition) is 1. The van der Waals surface area contributed by atoms with Crippen molar-refractivity contribution in [2.45, 2.75) is 43.8 Å². The Hall–Kier alpha value is -1.62. The summed E-state index contributed by atoms with van der Waals surface area (Å²) in [5.41, 5.74) is 1.55. The van der Waals surface area contributed by atoms with Crippen LogP contribution < -0.4 is 0 Å². The number of alkyl halides is 3. The molecule has 1 saturated carbocycles. The highest BCUT2D eigenvalue weighted by atomic mass is 32.1. The number of thiazole rings is 1. The van der Waals surface area contributed by atoms with E-state index < -0.39 is 11.9 Å². The Kier molecular flexibility index (Phi) is 5.74. The molecule has 0 amide bonds. The summed E-state index contributed by atoms with van der Waals surface area (Å²) in [5.74, 6) is 0.410. The van der Waals surface area contributed by atoms with Gasteiger partial charge in [-0.15, -0.1) is 11.3 Å². The van der Waals surface area contributed by atoms with Crippen LogP contribution in [0.25, 0.3) is 21.6 Å². The number of thiol groups is 1. The van der Waals surface area contributed by atoms with Gasteiger partial charge in [0.2, 0.25) is 0 Å². The average molecular weight is 469 g/mol. The number of fused-ring (bicyclic) bond motifs is 1. The summed E-state index contributed by atoms with van der Waals surface area (Å²) in [7, 11) is 0. The fraction of sp³-hybridized carbons (Fsp3) is 0.524. The van der Waals surface area contributed by atoms with Gasteiger partial charge < -0.3 is 4.74 Å². The van der Waals surface area contributed by atoms with E-state index in [0.717, 1.165) is 79.7 Å². The Balaban J connectivity index is 1.39. The lowest BCUT2D eigenvalue weighted by Crippen LogP contribution is -2.44. The molecule has 0 atom stereocenters. The highest BCUT2D eigenvalue weighted by Crippen LogP contribution is 2.40. The molecule has 0 radical (unpaired) electrons. The maximum Gasteiger partial charge on any atom is 0.434 e. The molecule has 5 rings (SSSR count). The monoisotopic (exact) mass is 468 g/mol. The molecular formula is C21H23F3N4OS2. The minimum absolute atomic E-state index is 0.333. The standard InChI is InChI=1S/C21H23F3N4OS2/c22-21(23,24)18-12-31-20(26-18)17-11-28(30)19-16(17)9-14(10-25-19)13-1-3-15(4-2-13)27-5-7-29-8-6-27/h9-13,15,30H,1-8H2. The lowest BCUT2D eigenvalue weighted by Gasteiger charge is -2.38. The lowest BCUT2D eigenvalue weighted by atomic mass is 9.81. The molecule has 4 heterocycles. The van der Waals surface area contributed by atoms with Crippen LogP contribution in [0.15, 0.2) is 23.8 Å². The fourth-order valence-electron chi connectivity index (χ4n) is 4.75. The summed E-state index contributed by atoms with van der Waals surface area (Å²) in [6.45, 7) is 3.65. The summed E-state index contributed by atoms with van der Waals surface area (Å²) < 4.78 is 46.1. The van der Waals surface area contributed by atoms with Crippen LogP contribution in [0.4, 0.5) is 13.2 Å². The van der Waals surface area contributed by atoms with Crippen molar-refractivity contribution in [2.24, 2.45) is 0 Å². The van der Waals surface area contributed by atoms with E-state index in [0.29, 0.717) is 28.2 Å². The molecule has 3 aromatic heterocycles. The van der Waals surface area contributed by atoms with Crippen molar-refractivity contribution in [3.8, 4) is 10.6 Å². The molecule has 166 valence electrons. The number of morpholine rings is 1. The van der Waals surface area contributed by atoms with Crippen LogP contribution in [0.2, 0.25) is 0 Å². The smallest absolute Gasteiger partial charge is 0.379 e. The van der Waals surface area contributed by atoms with E-state index in [-0.39, 0.29) is 0 Å². The van der Waals surface area contributed by atoms with E-state index in [1.807, 2.05) is 6.20 Å². The summed E-state index contributed by atoms with van der Waals surface area (Å²) in [5, 5.41) is 2.19. The van der Waals surface area contributed by atoms with Crippen molar-refractivity contribution in [3.63, 3.8) is 0 Å². The number of ether oxygens (including phenoxy) is 1. The zero-order chi connectivity index (χ0) is 21.6. The van der Waals surface area contributed by atoms with Gasteiger partial charge in [0.1, 0.15) is 10.7 Å². The first-order chi connectivity index (χ1) is 14.9. The van der Waals surface area contributed by atoms with Gasteiger partial charge in [0, 0.05) is 47.9 Å². The first kappa shape index (κ1) is 21.2. The number of nitrogens with zero attached hydrogens (tertiary/aromatic N) is 4. The van der Waals surface area contributed by atoms with Crippen LogP contribution in [-0.2, 0) is 10.9 Å². The van der Waals surface area contributed by atoms with E-state index >= 15 is 0 Å². The van der Waals surface area contributed by atoms with Crippen molar-refractivity contribution in [2.75, 3.05) is 26.3 Å². The summed E-state index contributed by atoms with van der Waals surface area (Å²) in [4.78, 5) is 10.9. The third kappa shape index (κ3) is 4.22. The van der Waals surface area contributed by atoms with Crippen molar-refractivity contribution in [3.05, 3.63) is 35.1 Å². The van der Waals surface area contributed by atoms with Gasteiger partial charge in [0.25, 0.3) is 0 Å². The van der Waals surface area contributed by atoms with Crippen molar-refractivity contribution < 1.29 is 17.9 Å². The van der Waals surface area contributed by atoms with E-state index in [4.69, 9.17) is 4.74 Å². The van der Waals surface area contributed by atoms with Crippen LogP contribution in [0.3, 0.4) is 0 Å². The Bertz CT molecular complexity index is 1070. The summed E-state index contributed by atoms with van der Waals surface area (Å²) >= 11 is 5.40. The van der Waals surface area contributed by atoms with E-state index in [2.05, 4.69) is 33.7 Å². The molecule has 0 bridgehead atoms. The van der Waals surface area contributed by atoms with Gasteiger partial charge in [0.05, 0.1) is 13.2 Å². The van der Waals surface area contributed by atoms with Crippen LogP contribution in [0, 0.1) is 0 Å². The number of pyridine rings is 1. The van der Waals surface area contributed by atoms with Crippen molar-refractivity contribution in [1.29, 1.82) is 0 Å². The normalized spacial score (nSPS) is 23.5. The molecule has 1 saturated heterocycles. The molecule has 1 aliphatic heterocycles. The highest BCUT2D eigenvalue weighted by molar-refractivity contribution is 7.78. The second-order valence-corrected chi connectivity index (χ2v) is 9.51. The molecule has 2 fully saturated rings. The Morgan fingerprint density at radius 1 is 1.13 bits per heavy atom. The average Bonchev–Trinajstić information content (AvgIpc) is 3.39. The molecule has 2 aliphatic rings. The molecule has 0 aromatic carbocycles. The second kappa shape index (κ2) is 8.38. The zero-order valence-corrected chi connectivity index (χ0v) is 18.5. The van der Waals surface area contributed by atoms with Gasteiger partial charge >= 0.3 is 6.18 Å². The van der Waals surface area contributed by atoms with E-state index in [1.165, 1.54) is 0 Å². The summed E-state index contributed by atoms with van der Waals surface area (Å²) in [6.07, 6.45) is 3.59. The SMILES string of the molecule is FC(F)(F)c1csc(-c2cn(S)c3ncc(C4CCC(N5CCOCC5)CC4)cc23)n1. The maximum atomic E-state index is 13.0. The van der Waals surface area contributed by atoms with E-state index in [1.54, 1.807) is 10.2 Å². The molecule has 0 unspecified atom stereocenters.